The molecular formula is C23H20F2N4O6. The number of nitrogens with zero attached hydrogens (tertiary/aromatic N) is 3. The molecule has 0 aliphatic carbocycles. The van der Waals surface area contributed by atoms with Gasteiger partial charge in [-0.15, -0.1) is 0 Å². The molecule has 2 N–H and O–H groups in total. The fraction of sp³-hybridized carbons (Fsp3) is 0.217. The normalized spacial score (nSPS) is 12.4. The third kappa shape index (κ3) is 4.63. The quantitative estimate of drug-likeness (QED) is 0.534. The molecule has 182 valence electrons. The molecule has 0 unspecified atom stereocenters. The zero-order chi connectivity index (χ0) is 25.3. The smallest absolute Gasteiger partial charge is 0.333 e. The van der Waals surface area contributed by atoms with Crippen molar-refractivity contribution in [1.82, 2.24) is 19.4 Å². The molecule has 0 saturated heterocycles. The summed E-state index contributed by atoms with van der Waals surface area (Å²) in [5.41, 5.74) is -0.822. The zero-order valence-corrected chi connectivity index (χ0v) is 18.7. The Morgan fingerprint density at radius 1 is 1.23 bits per heavy atom. The number of aromatic nitrogens is 3. The van der Waals surface area contributed by atoms with Gasteiger partial charge in [0, 0.05) is 25.9 Å². The summed E-state index contributed by atoms with van der Waals surface area (Å²) in [6.45, 7) is -0.479. The number of nitrogens with one attached hydrogen (secondary N) is 1. The van der Waals surface area contributed by atoms with Crippen molar-refractivity contribution in [1.29, 1.82) is 0 Å². The Labute approximate surface area is 196 Å². The molecule has 0 spiro atoms. The van der Waals surface area contributed by atoms with Gasteiger partial charge in [0.15, 0.2) is 17.4 Å². The Kier molecular flexibility index (Phi) is 6.36. The monoisotopic (exact) mass is 486 g/mol. The van der Waals surface area contributed by atoms with Crippen molar-refractivity contribution < 1.29 is 28.2 Å². The Hall–Kier alpha value is -4.48. The van der Waals surface area contributed by atoms with Crippen LogP contribution in [-0.2, 0) is 24.9 Å². The van der Waals surface area contributed by atoms with Crippen LogP contribution in [0.1, 0.15) is 16.7 Å². The van der Waals surface area contributed by atoms with E-state index < -0.39 is 41.1 Å². The fourth-order valence-electron chi connectivity index (χ4n) is 3.56. The predicted molar refractivity (Wildman–Crippen MR) is 119 cm³/mol. The molecule has 35 heavy (non-hydrogen) atoms. The molecule has 1 aromatic carbocycles. The SMILES string of the molecule is COc1cc(CNC(=O)C2=Cc3c(n(C)c(=O)n(Cc4cc(F)c(O)c(F)c4)c3=O)OC2)ccn1. The van der Waals surface area contributed by atoms with E-state index in [1.807, 2.05) is 0 Å². The second-order valence-electron chi connectivity index (χ2n) is 7.71. The minimum atomic E-state index is -1.23. The van der Waals surface area contributed by atoms with E-state index in [0.29, 0.717) is 5.88 Å². The van der Waals surface area contributed by atoms with E-state index in [-0.39, 0.29) is 35.7 Å². The summed E-state index contributed by atoms with van der Waals surface area (Å²) in [4.78, 5) is 42.5. The maximum absolute atomic E-state index is 13.7. The van der Waals surface area contributed by atoms with Crippen molar-refractivity contribution in [3.8, 4) is 17.5 Å². The zero-order valence-electron chi connectivity index (χ0n) is 18.7. The van der Waals surface area contributed by atoms with E-state index in [1.165, 1.54) is 26.4 Å². The standard InChI is InChI=1S/C23H20F2N4O6/c1-28-22-15(21(32)29(23(28)33)10-13-5-16(24)19(30)17(25)6-13)8-14(11-35-22)20(31)27-9-12-3-4-26-18(7-12)34-2/h3-8,30H,9-11H2,1-2H3,(H,27,31). The molecule has 4 rings (SSSR count). The highest BCUT2D eigenvalue weighted by molar-refractivity contribution is 5.98. The summed E-state index contributed by atoms with van der Waals surface area (Å²) in [5.74, 6) is -3.74. The number of benzene rings is 1. The van der Waals surface area contributed by atoms with Crippen LogP contribution in [0.5, 0.6) is 17.5 Å². The summed E-state index contributed by atoms with van der Waals surface area (Å²) in [5, 5.41) is 12.0. The summed E-state index contributed by atoms with van der Waals surface area (Å²) in [7, 11) is 2.84. The molecule has 0 atom stereocenters. The molecule has 1 aliphatic heterocycles. The first-order valence-electron chi connectivity index (χ1n) is 10.3. The van der Waals surface area contributed by atoms with Crippen LogP contribution in [0.2, 0.25) is 0 Å². The summed E-state index contributed by atoms with van der Waals surface area (Å²) in [6, 6.07) is 5.00. The minimum Gasteiger partial charge on any atom is -0.503 e. The molecule has 0 fully saturated rings. The van der Waals surface area contributed by atoms with E-state index in [0.717, 1.165) is 26.8 Å². The van der Waals surface area contributed by atoms with Crippen LogP contribution in [0.3, 0.4) is 0 Å². The number of carbonyl (C=O) groups excluding carboxylic acids is 1. The lowest BCUT2D eigenvalue weighted by molar-refractivity contribution is -0.117. The number of fused-ring (bicyclic) bond motifs is 1. The number of ether oxygens (including phenoxy) is 2. The van der Waals surface area contributed by atoms with Crippen LogP contribution in [0, 0.1) is 11.6 Å². The van der Waals surface area contributed by atoms with Gasteiger partial charge >= 0.3 is 5.69 Å². The summed E-state index contributed by atoms with van der Waals surface area (Å²) >= 11 is 0. The van der Waals surface area contributed by atoms with E-state index in [4.69, 9.17) is 9.47 Å². The van der Waals surface area contributed by atoms with Gasteiger partial charge in [0.25, 0.3) is 11.5 Å². The third-order valence-corrected chi connectivity index (χ3v) is 5.38. The number of phenolic OH excluding ortho intramolecular Hbond substituents is 1. The largest absolute Gasteiger partial charge is 0.503 e. The van der Waals surface area contributed by atoms with Crippen LogP contribution >= 0.6 is 0 Å². The highest BCUT2D eigenvalue weighted by Crippen LogP contribution is 2.23. The minimum absolute atomic E-state index is 0.0327. The molecule has 3 aromatic rings. The average Bonchev–Trinajstić information content (AvgIpc) is 2.86. The second kappa shape index (κ2) is 9.41. The van der Waals surface area contributed by atoms with Gasteiger partial charge in [-0.1, -0.05) is 0 Å². The van der Waals surface area contributed by atoms with Crippen LogP contribution < -0.4 is 26.0 Å². The molecule has 0 saturated carbocycles. The van der Waals surface area contributed by atoms with Gasteiger partial charge in [0.2, 0.25) is 11.8 Å². The van der Waals surface area contributed by atoms with Gasteiger partial charge < -0.3 is 19.9 Å². The van der Waals surface area contributed by atoms with Crippen LogP contribution in [-0.4, -0.2) is 38.8 Å². The highest BCUT2D eigenvalue weighted by atomic mass is 19.1. The molecule has 1 aliphatic rings. The Morgan fingerprint density at radius 3 is 2.63 bits per heavy atom. The predicted octanol–water partition coefficient (Wildman–Crippen LogP) is 1.07. The number of amides is 1. The van der Waals surface area contributed by atoms with Crippen molar-refractivity contribution in [3.63, 3.8) is 0 Å². The summed E-state index contributed by atoms with van der Waals surface area (Å²) in [6.07, 6.45) is 2.85. The first-order valence-corrected chi connectivity index (χ1v) is 10.3. The number of hydrogen-bond donors (Lipinski definition) is 2. The van der Waals surface area contributed by atoms with Crippen molar-refractivity contribution in [2.24, 2.45) is 7.05 Å². The van der Waals surface area contributed by atoms with Gasteiger partial charge in [-0.2, -0.15) is 0 Å². The van der Waals surface area contributed by atoms with E-state index >= 15 is 0 Å². The van der Waals surface area contributed by atoms with Crippen LogP contribution in [0.4, 0.5) is 8.78 Å². The first-order chi connectivity index (χ1) is 16.7. The molecule has 12 heteroatoms. The lowest BCUT2D eigenvalue weighted by Gasteiger charge is -2.21. The van der Waals surface area contributed by atoms with E-state index in [9.17, 15) is 28.3 Å². The Morgan fingerprint density at radius 2 is 1.94 bits per heavy atom. The first kappa shape index (κ1) is 23.7. The van der Waals surface area contributed by atoms with Crippen molar-refractivity contribution in [3.05, 3.63) is 85.2 Å². The summed E-state index contributed by atoms with van der Waals surface area (Å²) < 4.78 is 39.9. The number of carbonyl (C=O) groups is 1. The molecule has 2 aromatic heterocycles. The fourth-order valence-corrected chi connectivity index (χ4v) is 3.56. The molecule has 1 amide bonds. The third-order valence-electron chi connectivity index (χ3n) is 5.38. The van der Waals surface area contributed by atoms with Crippen molar-refractivity contribution in [2.45, 2.75) is 13.1 Å². The number of aromatic hydroxyl groups is 1. The lowest BCUT2D eigenvalue weighted by Crippen LogP contribution is -2.42. The highest BCUT2D eigenvalue weighted by Gasteiger charge is 2.25. The number of methoxy groups -OCH3 is 1. The number of halogens is 2. The van der Waals surface area contributed by atoms with Gasteiger partial charge in [-0.25, -0.2) is 18.6 Å². The lowest BCUT2D eigenvalue weighted by atomic mass is 10.1. The van der Waals surface area contributed by atoms with Gasteiger partial charge in [-0.3, -0.25) is 18.7 Å². The van der Waals surface area contributed by atoms with Crippen LogP contribution in [0.25, 0.3) is 6.08 Å². The van der Waals surface area contributed by atoms with Gasteiger partial charge in [0.1, 0.15) is 12.2 Å². The Balaban J connectivity index is 1.63. The Bertz CT molecular complexity index is 1450. The van der Waals surface area contributed by atoms with Gasteiger partial charge in [-0.05, 0) is 35.4 Å². The number of phenols is 1. The molecule has 10 nitrogen and oxygen atoms in total. The van der Waals surface area contributed by atoms with Gasteiger partial charge in [0.05, 0.1) is 19.2 Å². The molecule has 3 heterocycles. The average molecular weight is 486 g/mol. The maximum Gasteiger partial charge on any atom is 0.333 e. The number of pyridine rings is 1. The maximum atomic E-state index is 13.7. The van der Waals surface area contributed by atoms with E-state index in [1.54, 1.807) is 12.1 Å². The van der Waals surface area contributed by atoms with Crippen molar-refractivity contribution in [2.75, 3.05) is 13.7 Å². The topological polar surface area (TPSA) is 125 Å². The van der Waals surface area contributed by atoms with Crippen LogP contribution in [0.15, 0.2) is 45.6 Å². The van der Waals surface area contributed by atoms with E-state index in [2.05, 4.69) is 10.3 Å². The molecule has 0 radical (unpaired) electrons. The number of hydrogen-bond acceptors (Lipinski definition) is 7. The second-order valence-corrected chi connectivity index (χ2v) is 7.71. The number of rotatable bonds is 6. The molecular weight excluding hydrogens is 466 g/mol. The molecule has 0 bridgehead atoms. The van der Waals surface area contributed by atoms with Crippen molar-refractivity contribution >= 4 is 12.0 Å².